The molecule has 0 aliphatic carbocycles. The number of amides is 2. The van der Waals surface area contributed by atoms with Gasteiger partial charge in [-0.05, 0) is 19.8 Å². The minimum absolute atomic E-state index is 0.144. The molecule has 114 valence electrons. The maximum Gasteiger partial charge on any atom is 0.422 e. The van der Waals surface area contributed by atoms with Gasteiger partial charge in [0.25, 0.3) is 0 Å². The van der Waals surface area contributed by atoms with Crippen molar-refractivity contribution in [3.05, 3.63) is 0 Å². The third kappa shape index (κ3) is 1.97. The van der Waals surface area contributed by atoms with Gasteiger partial charge in [-0.15, -0.1) is 0 Å². The number of nitrogens with zero attached hydrogens (tertiary/aromatic N) is 1. The van der Waals surface area contributed by atoms with Crippen molar-refractivity contribution in [1.29, 1.82) is 0 Å². The van der Waals surface area contributed by atoms with Gasteiger partial charge in [0.2, 0.25) is 17.4 Å². The summed E-state index contributed by atoms with van der Waals surface area (Å²) >= 11 is 0. The molecule has 0 radical (unpaired) electrons. The molecule has 2 unspecified atom stereocenters. The zero-order chi connectivity index (χ0) is 16.1. The highest BCUT2D eigenvalue weighted by atomic mass is 19.4. The lowest BCUT2D eigenvalue weighted by Gasteiger charge is -2.36. The fourth-order valence-electron chi connectivity index (χ4n) is 2.08. The van der Waals surface area contributed by atoms with E-state index in [1.165, 1.54) is 6.92 Å². The van der Waals surface area contributed by atoms with Crippen LogP contribution in [0.2, 0.25) is 0 Å². The van der Waals surface area contributed by atoms with Crippen molar-refractivity contribution in [3.8, 4) is 0 Å². The minimum Gasteiger partial charge on any atom is -0.479 e. The van der Waals surface area contributed by atoms with Crippen LogP contribution in [0.4, 0.5) is 13.2 Å². The van der Waals surface area contributed by atoms with E-state index < -0.39 is 47.3 Å². The second-order valence-corrected chi connectivity index (χ2v) is 5.66. The predicted molar refractivity (Wildman–Crippen MR) is 61.5 cm³/mol. The highest BCUT2D eigenvalue weighted by molar-refractivity contribution is 6.09. The van der Waals surface area contributed by atoms with Crippen LogP contribution in [0.3, 0.4) is 0 Å². The van der Waals surface area contributed by atoms with Gasteiger partial charge in [0, 0.05) is 6.42 Å². The smallest absolute Gasteiger partial charge is 0.422 e. The highest BCUT2D eigenvalue weighted by Crippen LogP contribution is 2.46. The Balaban J connectivity index is 3.42. The Labute approximate surface area is 113 Å². The SMILES string of the molecule is CC(C)C1(C)CC(=O)N(C(C)(C(=O)O)C(F)(F)F)C1=O. The Morgan fingerprint density at radius 1 is 1.35 bits per heavy atom. The van der Waals surface area contributed by atoms with E-state index in [4.69, 9.17) is 5.11 Å². The predicted octanol–water partition coefficient (Wildman–Crippen LogP) is 1.81. The maximum absolute atomic E-state index is 13.1. The van der Waals surface area contributed by atoms with Crippen LogP contribution >= 0.6 is 0 Å². The Morgan fingerprint density at radius 2 is 1.80 bits per heavy atom. The molecule has 1 N–H and O–H groups in total. The van der Waals surface area contributed by atoms with Crippen LogP contribution in [0, 0.1) is 11.3 Å². The summed E-state index contributed by atoms with van der Waals surface area (Å²) in [5, 5.41) is 8.91. The van der Waals surface area contributed by atoms with Crippen LogP contribution in [0.1, 0.15) is 34.1 Å². The number of hydrogen-bond acceptors (Lipinski definition) is 3. The molecule has 0 aromatic rings. The van der Waals surface area contributed by atoms with E-state index in [1.807, 2.05) is 0 Å². The Bertz CT molecular complexity index is 474. The van der Waals surface area contributed by atoms with E-state index in [-0.39, 0.29) is 4.90 Å². The number of carbonyl (C=O) groups excluding carboxylic acids is 2. The molecule has 0 bridgehead atoms. The first-order valence-electron chi connectivity index (χ1n) is 5.97. The molecule has 1 saturated heterocycles. The van der Waals surface area contributed by atoms with Crippen molar-refractivity contribution in [1.82, 2.24) is 4.90 Å². The third-order valence-corrected chi connectivity index (χ3v) is 4.15. The second kappa shape index (κ2) is 4.46. The molecule has 1 fully saturated rings. The van der Waals surface area contributed by atoms with E-state index in [2.05, 4.69) is 0 Å². The van der Waals surface area contributed by atoms with Crippen molar-refractivity contribution in [2.45, 2.75) is 45.8 Å². The van der Waals surface area contributed by atoms with Crippen molar-refractivity contribution in [3.63, 3.8) is 0 Å². The first kappa shape index (κ1) is 16.5. The van der Waals surface area contributed by atoms with E-state index in [1.54, 1.807) is 13.8 Å². The molecule has 1 heterocycles. The van der Waals surface area contributed by atoms with Crippen molar-refractivity contribution >= 4 is 17.8 Å². The van der Waals surface area contributed by atoms with Gasteiger partial charge in [0.1, 0.15) is 0 Å². The average Bonchev–Trinajstić information content (AvgIpc) is 2.48. The van der Waals surface area contributed by atoms with Crippen LogP contribution in [0.25, 0.3) is 0 Å². The molecule has 5 nitrogen and oxygen atoms in total. The summed E-state index contributed by atoms with van der Waals surface area (Å²) in [6, 6.07) is 0. The molecule has 1 aliphatic heterocycles. The standard InChI is InChI=1S/C12H16F3NO4/c1-6(2)10(3)5-7(17)16(8(10)18)11(4,9(19)20)12(13,14)15/h6H,5H2,1-4H3,(H,19,20). The molecule has 20 heavy (non-hydrogen) atoms. The number of rotatable bonds is 3. The summed E-state index contributed by atoms with van der Waals surface area (Å²) in [4.78, 5) is 35.0. The zero-order valence-electron chi connectivity index (χ0n) is 11.5. The highest BCUT2D eigenvalue weighted by Gasteiger charge is 2.68. The average molecular weight is 295 g/mol. The fourth-order valence-corrected chi connectivity index (χ4v) is 2.08. The van der Waals surface area contributed by atoms with Crippen LogP contribution < -0.4 is 0 Å². The zero-order valence-corrected chi connectivity index (χ0v) is 11.5. The molecule has 2 amide bonds. The molecular formula is C12H16F3NO4. The van der Waals surface area contributed by atoms with Gasteiger partial charge in [-0.1, -0.05) is 13.8 Å². The molecule has 0 aromatic carbocycles. The summed E-state index contributed by atoms with van der Waals surface area (Å²) in [5.74, 6) is -4.89. The summed E-state index contributed by atoms with van der Waals surface area (Å²) in [5.41, 5.74) is -4.87. The fraction of sp³-hybridized carbons (Fsp3) is 0.750. The largest absolute Gasteiger partial charge is 0.479 e. The lowest BCUT2D eigenvalue weighted by atomic mass is 9.77. The molecule has 0 spiro atoms. The van der Waals surface area contributed by atoms with E-state index in [9.17, 15) is 27.6 Å². The number of carbonyl (C=O) groups is 3. The quantitative estimate of drug-likeness (QED) is 0.806. The van der Waals surface area contributed by atoms with Crippen LogP contribution in [0.15, 0.2) is 0 Å². The van der Waals surface area contributed by atoms with Crippen LogP contribution in [0.5, 0.6) is 0 Å². The maximum atomic E-state index is 13.1. The number of likely N-dealkylation sites (tertiary alicyclic amines) is 1. The summed E-state index contributed by atoms with van der Waals surface area (Å²) in [6.45, 7) is 4.90. The number of alkyl halides is 3. The normalized spacial score (nSPS) is 27.1. The van der Waals surface area contributed by atoms with Gasteiger partial charge in [-0.3, -0.25) is 14.5 Å². The number of hydrogen-bond donors (Lipinski definition) is 1. The van der Waals surface area contributed by atoms with Crippen molar-refractivity contribution in [2.24, 2.45) is 11.3 Å². The number of imide groups is 1. The Morgan fingerprint density at radius 3 is 2.05 bits per heavy atom. The lowest BCUT2D eigenvalue weighted by molar-refractivity contribution is -0.231. The Kier molecular flexibility index (Phi) is 3.67. The summed E-state index contributed by atoms with van der Waals surface area (Å²) in [7, 11) is 0. The molecule has 1 aliphatic rings. The van der Waals surface area contributed by atoms with Gasteiger partial charge in [0.05, 0.1) is 5.41 Å². The van der Waals surface area contributed by atoms with Gasteiger partial charge >= 0.3 is 12.1 Å². The van der Waals surface area contributed by atoms with Crippen LogP contribution in [-0.4, -0.2) is 39.5 Å². The Hall–Kier alpha value is -1.60. The molecular weight excluding hydrogens is 279 g/mol. The molecule has 0 aromatic heterocycles. The molecule has 1 rings (SSSR count). The van der Waals surface area contributed by atoms with Crippen molar-refractivity contribution in [2.75, 3.05) is 0 Å². The van der Waals surface area contributed by atoms with E-state index in [0.717, 1.165) is 0 Å². The monoisotopic (exact) mass is 295 g/mol. The summed E-state index contributed by atoms with van der Waals surface area (Å²) < 4.78 is 39.2. The number of carboxylic acid groups (broad SMARTS) is 1. The van der Waals surface area contributed by atoms with E-state index in [0.29, 0.717) is 6.92 Å². The first-order chi connectivity index (χ1) is 8.80. The number of aliphatic carboxylic acids is 1. The van der Waals surface area contributed by atoms with Gasteiger partial charge in [-0.25, -0.2) is 4.79 Å². The number of carboxylic acids is 1. The van der Waals surface area contributed by atoms with Gasteiger partial charge < -0.3 is 5.11 Å². The topological polar surface area (TPSA) is 74.7 Å². The molecule has 2 atom stereocenters. The summed E-state index contributed by atoms with van der Waals surface area (Å²) in [6.07, 6.45) is -5.69. The molecule has 0 saturated carbocycles. The molecule has 8 heteroatoms. The minimum atomic E-state index is -5.26. The van der Waals surface area contributed by atoms with Gasteiger partial charge in [0.15, 0.2) is 0 Å². The van der Waals surface area contributed by atoms with E-state index >= 15 is 0 Å². The number of halogens is 3. The lowest BCUT2D eigenvalue weighted by Crippen LogP contribution is -2.64. The van der Waals surface area contributed by atoms with Crippen molar-refractivity contribution < 1.29 is 32.7 Å². The first-order valence-corrected chi connectivity index (χ1v) is 5.97. The third-order valence-electron chi connectivity index (χ3n) is 4.15. The van der Waals surface area contributed by atoms with Gasteiger partial charge in [-0.2, -0.15) is 13.2 Å². The van der Waals surface area contributed by atoms with Crippen LogP contribution in [-0.2, 0) is 14.4 Å². The second-order valence-electron chi connectivity index (χ2n) is 5.66.